The zero-order valence-corrected chi connectivity index (χ0v) is 14.2. The van der Waals surface area contributed by atoms with Crippen LogP contribution < -0.4 is 4.74 Å². The van der Waals surface area contributed by atoms with Gasteiger partial charge in [-0.25, -0.2) is 0 Å². The number of ether oxygens (including phenoxy) is 1. The number of rotatable bonds is 3. The summed E-state index contributed by atoms with van der Waals surface area (Å²) in [5, 5.41) is 2.12. The first-order valence-corrected chi connectivity index (χ1v) is 9.20. The number of benzene rings is 1. The van der Waals surface area contributed by atoms with Gasteiger partial charge in [0.25, 0.3) is 5.91 Å². The monoisotopic (exact) mass is 327 g/mol. The minimum absolute atomic E-state index is 0.0786. The van der Waals surface area contributed by atoms with E-state index in [1.54, 1.807) is 11.3 Å². The standard InChI is InChI=1S/C19H21NO2S/c1-13-17-8-10-23-18(17)7-9-20(13)19(21)12-22-16-6-5-14-3-2-4-15(14)11-16/h5-6,8,10-11,13H,2-4,7,9,12H2,1H3. The highest BCUT2D eigenvalue weighted by molar-refractivity contribution is 7.10. The Kier molecular flexibility index (Phi) is 3.85. The summed E-state index contributed by atoms with van der Waals surface area (Å²) < 4.78 is 5.78. The van der Waals surface area contributed by atoms with Crippen LogP contribution in [0, 0.1) is 0 Å². The number of carbonyl (C=O) groups excluding carboxylic acids is 1. The summed E-state index contributed by atoms with van der Waals surface area (Å²) in [6.45, 7) is 3.03. The third-order valence-electron chi connectivity index (χ3n) is 5.03. The van der Waals surface area contributed by atoms with Gasteiger partial charge in [-0.15, -0.1) is 11.3 Å². The molecule has 4 heteroatoms. The van der Waals surface area contributed by atoms with Gasteiger partial charge in [0.15, 0.2) is 6.61 Å². The molecule has 2 heterocycles. The molecule has 0 saturated carbocycles. The second kappa shape index (κ2) is 6.00. The Balaban J connectivity index is 1.41. The van der Waals surface area contributed by atoms with Gasteiger partial charge in [0.2, 0.25) is 0 Å². The maximum Gasteiger partial charge on any atom is 0.261 e. The molecule has 1 aromatic heterocycles. The molecule has 1 amide bonds. The first-order valence-electron chi connectivity index (χ1n) is 8.33. The average Bonchev–Trinajstić information content (AvgIpc) is 3.21. The van der Waals surface area contributed by atoms with Gasteiger partial charge in [-0.2, -0.15) is 0 Å². The van der Waals surface area contributed by atoms with Gasteiger partial charge >= 0.3 is 0 Å². The van der Waals surface area contributed by atoms with E-state index in [0.717, 1.165) is 25.1 Å². The van der Waals surface area contributed by atoms with Crippen LogP contribution in [-0.2, 0) is 24.1 Å². The summed E-state index contributed by atoms with van der Waals surface area (Å²) in [5.74, 6) is 0.898. The molecule has 0 N–H and O–H groups in total. The van der Waals surface area contributed by atoms with Crippen LogP contribution in [0.25, 0.3) is 0 Å². The van der Waals surface area contributed by atoms with Crippen molar-refractivity contribution in [3.8, 4) is 5.75 Å². The molecule has 2 aliphatic rings. The van der Waals surface area contributed by atoms with Gasteiger partial charge in [-0.1, -0.05) is 6.07 Å². The van der Waals surface area contributed by atoms with Crippen LogP contribution in [0.15, 0.2) is 29.6 Å². The average molecular weight is 327 g/mol. The van der Waals surface area contributed by atoms with E-state index in [-0.39, 0.29) is 18.6 Å². The van der Waals surface area contributed by atoms with Crippen LogP contribution >= 0.6 is 11.3 Å². The fraction of sp³-hybridized carbons (Fsp3) is 0.421. The molecule has 1 atom stereocenters. The first-order chi connectivity index (χ1) is 11.2. The molecule has 0 radical (unpaired) electrons. The quantitative estimate of drug-likeness (QED) is 0.859. The van der Waals surface area contributed by atoms with Crippen molar-refractivity contribution in [2.24, 2.45) is 0 Å². The maximum atomic E-state index is 12.6. The fourth-order valence-electron chi connectivity index (χ4n) is 3.72. The Hall–Kier alpha value is -1.81. The van der Waals surface area contributed by atoms with Crippen LogP contribution in [-0.4, -0.2) is 24.0 Å². The molecule has 23 heavy (non-hydrogen) atoms. The number of fused-ring (bicyclic) bond motifs is 2. The first kappa shape index (κ1) is 14.8. The van der Waals surface area contributed by atoms with Crippen LogP contribution in [0.5, 0.6) is 5.75 Å². The van der Waals surface area contributed by atoms with Crippen LogP contribution in [0.3, 0.4) is 0 Å². The van der Waals surface area contributed by atoms with Gasteiger partial charge in [0.1, 0.15) is 5.75 Å². The lowest BCUT2D eigenvalue weighted by molar-refractivity contribution is -0.135. The van der Waals surface area contributed by atoms with E-state index in [1.165, 1.54) is 34.4 Å². The molecule has 1 aliphatic carbocycles. The maximum absolute atomic E-state index is 12.6. The summed E-state index contributed by atoms with van der Waals surface area (Å²) in [6.07, 6.45) is 4.49. The van der Waals surface area contributed by atoms with Gasteiger partial charge in [0.05, 0.1) is 6.04 Å². The highest BCUT2D eigenvalue weighted by atomic mass is 32.1. The predicted molar refractivity (Wildman–Crippen MR) is 92.1 cm³/mol. The summed E-state index contributed by atoms with van der Waals surface area (Å²) in [6, 6.07) is 8.54. The molecule has 4 rings (SSSR count). The van der Waals surface area contributed by atoms with Crippen molar-refractivity contribution in [1.82, 2.24) is 4.90 Å². The summed E-state index contributed by atoms with van der Waals surface area (Å²) in [4.78, 5) is 15.9. The summed E-state index contributed by atoms with van der Waals surface area (Å²) in [7, 11) is 0. The minimum atomic E-state index is 0.0786. The largest absolute Gasteiger partial charge is 0.484 e. The van der Waals surface area contributed by atoms with Crippen molar-refractivity contribution in [2.45, 2.75) is 38.6 Å². The number of carbonyl (C=O) groups is 1. The lowest BCUT2D eigenvalue weighted by Gasteiger charge is -2.33. The normalized spacial score (nSPS) is 19.3. The molecule has 1 unspecified atom stereocenters. The number of amides is 1. The van der Waals surface area contributed by atoms with E-state index in [0.29, 0.717) is 0 Å². The Labute approximate surface area is 140 Å². The smallest absolute Gasteiger partial charge is 0.261 e. The fourth-order valence-corrected chi connectivity index (χ4v) is 4.68. The van der Waals surface area contributed by atoms with Gasteiger partial charge < -0.3 is 9.64 Å². The molecular weight excluding hydrogens is 306 g/mol. The van der Waals surface area contributed by atoms with Crippen molar-refractivity contribution in [1.29, 1.82) is 0 Å². The Morgan fingerprint density at radius 3 is 3.04 bits per heavy atom. The van der Waals surface area contributed by atoms with E-state index >= 15 is 0 Å². The number of hydrogen-bond donors (Lipinski definition) is 0. The molecule has 1 aromatic carbocycles. The third kappa shape index (κ3) is 2.76. The number of aryl methyl sites for hydroxylation is 2. The van der Waals surface area contributed by atoms with E-state index in [2.05, 4.69) is 30.5 Å². The Bertz CT molecular complexity index is 737. The highest BCUT2D eigenvalue weighted by Crippen LogP contribution is 2.33. The van der Waals surface area contributed by atoms with Gasteiger partial charge in [0, 0.05) is 11.4 Å². The molecule has 2 aromatic rings. The van der Waals surface area contributed by atoms with Crippen molar-refractivity contribution >= 4 is 17.2 Å². The molecule has 1 aliphatic heterocycles. The van der Waals surface area contributed by atoms with Crippen LogP contribution in [0.2, 0.25) is 0 Å². The molecule has 0 fully saturated rings. The lowest BCUT2D eigenvalue weighted by atomic mass is 10.0. The molecule has 0 bridgehead atoms. The van der Waals surface area contributed by atoms with Gasteiger partial charge in [-0.05, 0) is 72.9 Å². The second-order valence-electron chi connectivity index (χ2n) is 6.38. The lowest BCUT2D eigenvalue weighted by Crippen LogP contribution is -2.40. The Morgan fingerprint density at radius 1 is 1.26 bits per heavy atom. The summed E-state index contributed by atoms with van der Waals surface area (Å²) >= 11 is 1.80. The zero-order valence-electron chi connectivity index (χ0n) is 13.4. The SMILES string of the molecule is CC1c2ccsc2CCN1C(=O)COc1ccc2c(c1)CCC2. The number of hydrogen-bond acceptors (Lipinski definition) is 3. The van der Waals surface area contributed by atoms with E-state index < -0.39 is 0 Å². The molecule has 120 valence electrons. The van der Waals surface area contributed by atoms with Crippen molar-refractivity contribution < 1.29 is 9.53 Å². The van der Waals surface area contributed by atoms with Crippen molar-refractivity contribution in [2.75, 3.05) is 13.2 Å². The molecule has 3 nitrogen and oxygen atoms in total. The summed E-state index contributed by atoms with van der Waals surface area (Å²) in [5.41, 5.74) is 4.11. The number of thiophene rings is 1. The predicted octanol–water partition coefficient (Wildman–Crippen LogP) is 3.76. The van der Waals surface area contributed by atoms with Crippen LogP contribution in [0.4, 0.5) is 0 Å². The van der Waals surface area contributed by atoms with Crippen LogP contribution in [0.1, 0.15) is 41.0 Å². The van der Waals surface area contributed by atoms with Crippen molar-refractivity contribution in [3.05, 3.63) is 51.2 Å². The van der Waals surface area contributed by atoms with E-state index in [4.69, 9.17) is 4.74 Å². The van der Waals surface area contributed by atoms with Gasteiger partial charge in [-0.3, -0.25) is 4.79 Å². The minimum Gasteiger partial charge on any atom is -0.484 e. The van der Waals surface area contributed by atoms with E-state index in [1.807, 2.05) is 11.0 Å². The molecule has 0 spiro atoms. The molecule has 0 saturated heterocycles. The molecular formula is C19H21NO2S. The zero-order chi connectivity index (χ0) is 15.8. The van der Waals surface area contributed by atoms with Crippen molar-refractivity contribution in [3.63, 3.8) is 0 Å². The Morgan fingerprint density at radius 2 is 2.13 bits per heavy atom. The third-order valence-corrected chi connectivity index (χ3v) is 6.03. The number of nitrogens with zero attached hydrogens (tertiary/aromatic N) is 1. The highest BCUT2D eigenvalue weighted by Gasteiger charge is 2.28. The second-order valence-corrected chi connectivity index (χ2v) is 7.39. The topological polar surface area (TPSA) is 29.5 Å². The van der Waals surface area contributed by atoms with E-state index in [9.17, 15) is 4.79 Å².